The number of nitrogens with one attached hydrogen (secondary N) is 1. The number of halogens is 4. The van der Waals surface area contributed by atoms with Gasteiger partial charge in [0.2, 0.25) is 5.95 Å². The number of fused-ring (bicyclic) bond motifs is 1. The molecule has 0 radical (unpaired) electrons. The summed E-state index contributed by atoms with van der Waals surface area (Å²) >= 11 is 6.28. The molecule has 2 aromatic carbocycles. The van der Waals surface area contributed by atoms with Crippen LogP contribution < -0.4 is 21.3 Å². The third-order valence-electron chi connectivity index (χ3n) is 5.57. The van der Waals surface area contributed by atoms with Crippen LogP contribution in [0.5, 0.6) is 5.75 Å². The lowest BCUT2D eigenvalue weighted by Gasteiger charge is -2.16. The molecule has 1 saturated carbocycles. The van der Waals surface area contributed by atoms with Crippen molar-refractivity contribution in [2.45, 2.75) is 24.7 Å². The van der Waals surface area contributed by atoms with Gasteiger partial charge in [0, 0.05) is 12.0 Å². The van der Waals surface area contributed by atoms with Crippen molar-refractivity contribution >= 4 is 34.3 Å². The van der Waals surface area contributed by atoms with E-state index in [0.717, 1.165) is 12.1 Å². The van der Waals surface area contributed by atoms with Crippen LogP contribution in [0.1, 0.15) is 23.7 Å². The molecule has 0 spiro atoms. The molecule has 0 amide bonds. The Morgan fingerprint density at radius 2 is 1.94 bits per heavy atom. The minimum absolute atomic E-state index is 0.00903. The molecule has 5 rings (SSSR count). The zero-order valence-corrected chi connectivity index (χ0v) is 18.9. The summed E-state index contributed by atoms with van der Waals surface area (Å²) in [5.41, 5.74) is 6.04. The van der Waals surface area contributed by atoms with Crippen LogP contribution in [0.2, 0.25) is 5.02 Å². The van der Waals surface area contributed by atoms with Crippen LogP contribution >= 0.6 is 11.6 Å². The van der Waals surface area contributed by atoms with Gasteiger partial charge >= 0.3 is 6.36 Å². The number of anilines is 2. The molecule has 36 heavy (non-hydrogen) atoms. The Bertz CT molecular complexity index is 1580. The van der Waals surface area contributed by atoms with Gasteiger partial charge in [0.25, 0.3) is 5.56 Å². The number of ether oxygens (including phenoxy) is 1. The smallest absolute Gasteiger partial charge is 0.406 e. The normalized spacial score (nSPS) is 17.0. The predicted octanol–water partition coefficient (Wildman–Crippen LogP) is 4.15. The van der Waals surface area contributed by atoms with Gasteiger partial charge in [-0.05, 0) is 42.8 Å². The van der Waals surface area contributed by atoms with Crippen LogP contribution in [0, 0.1) is 11.3 Å². The fourth-order valence-corrected chi connectivity index (χ4v) is 4.16. The number of alkyl halides is 3. The minimum atomic E-state index is -4.85. The minimum Gasteiger partial charge on any atom is -0.406 e. The maximum absolute atomic E-state index is 13.6. The zero-order valence-electron chi connectivity index (χ0n) is 18.1. The quantitative estimate of drug-likeness (QED) is 0.407. The van der Waals surface area contributed by atoms with Crippen LogP contribution in [0.15, 0.2) is 53.5 Å². The van der Waals surface area contributed by atoms with E-state index in [4.69, 9.17) is 17.3 Å². The molecule has 0 aliphatic heterocycles. The summed E-state index contributed by atoms with van der Waals surface area (Å²) in [6, 6.07) is 11.5. The Balaban J connectivity index is 1.57. The number of aromatic nitrogens is 4. The zero-order chi connectivity index (χ0) is 25.6. The molecular weight excluding hydrogens is 499 g/mol. The van der Waals surface area contributed by atoms with Gasteiger partial charge in [-0.25, -0.2) is 9.97 Å². The van der Waals surface area contributed by atoms with Gasteiger partial charge in [-0.15, -0.1) is 13.2 Å². The molecule has 2 heterocycles. The summed E-state index contributed by atoms with van der Waals surface area (Å²) in [6.45, 7) is 0. The highest BCUT2D eigenvalue weighted by Gasteiger charge is 2.43. The first-order chi connectivity index (χ1) is 17.1. The summed E-state index contributed by atoms with van der Waals surface area (Å²) in [5, 5.41) is 12.8. The molecule has 1 fully saturated rings. The maximum atomic E-state index is 13.6. The molecule has 182 valence electrons. The van der Waals surface area contributed by atoms with Crippen LogP contribution in [0.25, 0.3) is 16.6 Å². The van der Waals surface area contributed by atoms with Crippen LogP contribution in [0.3, 0.4) is 0 Å². The first-order valence-electron chi connectivity index (χ1n) is 10.5. The van der Waals surface area contributed by atoms with Crippen molar-refractivity contribution < 1.29 is 17.9 Å². The van der Waals surface area contributed by atoms with E-state index in [1.165, 1.54) is 22.9 Å². The lowest BCUT2D eigenvalue weighted by molar-refractivity contribution is -0.274. The molecule has 1 aliphatic carbocycles. The van der Waals surface area contributed by atoms with Gasteiger partial charge < -0.3 is 15.8 Å². The molecule has 2 atom stereocenters. The highest BCUT2D eigenvalue weighted by Crippen LogP contribution is 2.43. The Morgan fingerprint density at radius 3 is 2.64 bits per heavy atom. The van der Waals surface area contributed by atoms with Crippen molar-refractivity contribution in [2.24, 2.45) is 0 Å². The number of hydrogen-bond donors (Lipinski definition) is 2. The third kappa shape index (κ3) is 4.48. The summed E-state index contributed by atoms with van der Waals surface area (Å²) < 4.78 is 43.0. The Kier molecular flexibility index (Phi) is 5.64. The van der Waals surface area contributed by atoms with Crippen LogP contribution in [-0.4, -0.2) is 31.9 Å². The van der Waals surface area contributed by atoms with Crippen LogP contribution in [-0.2, 0) is 0 Å². The molecule has 0 saturated heterocycles. The Morgan fingerprint density at radius 1 is 1.19 bits per heavy atom. The van der Waals surface area contributed by atoms with Crippen molar-refractivity contribution in [3.05, 3.63) is 75.4 Å². The van der Waals surface area contributed by atoms with E-state index in [0.29, 0.717) is 17.8 Å². The average Bonchev–Trinajstić information content (AvgIpc) is 3.58. The van der Waals surface area contributed by atoms with E-state index in [2.05, 4.69) is 25.0 Å². The largest absolute Gasteiger partial charge is 0.573 e. The van der Waals surface area contributed by atoms with E-state index < -0.39 is 17.7 Å². The standard InChI is InChI=1S/C23H15ClF3N7O2/c24-15-2-1-3-16-18(15)21(35)34(12-4-6-13(7-5-12)36-23(25,26)27)20(32-16)14-8-17(14)31-19-11(9-28)10-30-22(29)33-19/h1-7,10,14,17H,8H2,(H3,29,30,31,33). The second-order valence-corrected chi connectivity index (χ2v) is 8.39. The van der Waals surface area contributed by atoms with E-state index in [1.54, 1.807) is 18.2 Å². The molecule has 9 nitrogen and oxygen atoms in total. The fourth-order valence-electron chi connectivity index (χ4n) is 3.90. The van der Waals surface area contributed by atoms with Crippen molar-refractivity contribution in [1.29, 1.82) is 5.26 Å². The maximum Gasteiger partial charge on any atom is 0.573 e. The van der Waals surface area contributed by atoms with Gasteiger partial charge in [-0.2, -0.15) is 10.2 Å². The summed E-state index contributed by atoms with van der Waals surface area (Å²) in [5.74, 6) is -0.0923. The van der Waals surface area contributed by atoms with Gasteiger partial charge in [0.1, 0.15) is 29.0 Å². The van der Waals surface area contributed by atoms with E-state index in [1.807, 2.05) is 6.07 Å². The van der Waals surface area contributed by atoms with Gasteiger partial charge in [0.15, 0.2) is 0 Å². The monoisotopic (exact) mass is 513 g/mol. The first-order valence-corrected chi connectivity index (χ1v) is 10.9. The number of nitrogen functional groups attached to an aromatic ring is 1. The SMILES string of the molecule is N#Cc1cnc(N)nc1NC1CC1c1nc2cccc(Cl)c2c(=O)n1-c1ccc(OC(F)(F)F)cc1. The lowest BCUT2D eigenvalue weighted by atomic mass is 10.2. The topological polar surface area (TPSA) is 132 Å². The second-order valence-electron chi connectivity index (χ2n) is 7.98. The number of nitrogens with two attached hydrogens (primary N) is 1. The lowest BCUT2D eigenvalue weighted by Crippen LogP contribution is -2.25. The predicted molar refractivity (Wildman–Crippen MR) is 125 cm³/mol. The van der Waals surface area contributed by atoms with Crippen molar-refractivity contribution in [3.63, 3.8) is 0 Å². The number of nitriles is 1. The molecule has 13 heteroatoms. The molecular formula is C23H15ClF3N7O2. The molecule has 1 aliphatic rings. The summed E-state index contributed by atoms with van der Waals surface area (Å²) in [4.78, 5) is 26.1. The third-order valence-corrected chi connectivity index (χ3v) is 5.89. The van der Waals surface area contributed by atoms with Gasteiger partial charge in [-0.1, -0.05) is 17.7 Å². The number of nitrogens with zero attached hydrogens (tertiary/aromatic N) is 5. The molecule has 2 unspecified atom stereocenters. The average molecular weight is 514 g/mol. The number of hydrogen-bond acceptors (Lipinski definition) is 8. The molecule has 3 N–H and O–H groups in total. The van der Waals surface area contributed by atoms with Crippen molar-refractivity contribution in [2.75, 3.05) is 11.1 Å². The second kappa shape index (κ2) is 8.69. The van der Waals surface area contributed by atoms with E-state index in [9.17, 15) is 23.2 Å². The highest BCUT2D eigenvalue weighted by atomic mass is 35.5. The van der Waals surface area contributed by atoms with Gasteiger partial charge in [0.05, 0.1) is 27.8 Å². The van der Waals surface area contributed by atoms with E-state index in [-0.39, 0.29) is 45.4 Å². The highest BCUT2D eigenvalue weighted by molar-refractivity contribution is 6.35. The molecule has 4 aromatic rings. The molecule has 2 aromatic heterocycles. The number of benzene rings is 2. The van der Waals surface area contributed by atoms with Crippen LogP contribution in [0.4, 0.5) is 24.9 Å². The summed E-state index contributed by atoms with van der Waals surface area (Å²) in [6.07, 6.45) is -3.00. The summed E-state index contributed by atoms with van der Waals surface area (Å²) in [7, 11) is 0. The Hall–Kier alpha value is -4.37. The van der Waals surface area contributed by atoms with Gasteiger partial charge in [-0.3, -0.25) is 9.36 Å². The van der Waals surface area contributed by atoms with Crippen molar-refractivity contribution in [3.8, 4) is 17.5 Å². The number of rotatable bonds is 5. The van der Waals surface area contributed by atoms with Crippen molar-refractivity contribution in [1.82, 2.24) is 19.5 Å². The Labute approximate surface area is 205 Å². The first kappa shape index (κ1) is 23.4. The fraction of sp³-hybridized carbons (Fsp3) is 0.174. The van der Waals surface area contributed by atoms with E-state index >= 15 is 0 Å². The molecule has 0 bridgehead atoms.